The van der Waals surface area contributed by atoms with E-state index in [0.717, 1.165) is 6.42 Å². The molecule has 0 spiro atoms. The fourth-order valence-electron chi connectivity index (χ4n) is 2.21. The Morgan fingerprint density at radius 1 is 1.30 bits per heavy atom. The number of anilines is 1. The molecule has 2 N–H and O–H groups in total. The van der Waals surface area contributed by atoms with Crippen molar-refractivity contribution < 1.29 is 9.59 Å². The average molecular weight is 292 g/mol. The number of hydrogen-bond donors (Lipinski definition) is 2. The Labute approximate surface area is 123 Å². The number of rotatable bonds is 4. The fraction of sp³-hybridized carbons (Fsp3) is 0.467. The molecule has 1 aromatic carbocycles. The Kier molecular flexibility index (Phi) is 4.70. The topological polar surface area (TPSA) is 58.2 Å². The molecule has 1 unspecified atom stereocenters. The summed E-state index contributed by atoms with van der Waals surface area (Å²) in [6.07, 6.45) is 2.36. The van der Waals surface area contributed by atoms with Crippen LogP contribution < -0.4 is 10.6 Å². The van der Waals surface area contributed by atoms with Crippen LogP contribution in [0.5, 0.6) is 0 Å². The second kappa shape index (κ2) is 6.31. The molecule has 0 aromatic heterocycles. The Morgan fingerprint density at radius 2 is 2.00 bits per heavy atom. The van der Waals surface area contributed by atoms with E-state index in [1.165, 1.54) is 19.1 Å². The Bertz CT molecular complexity index is 493. The molecule has 2 amide bonds. The summed E-state index contributed by atoms with van der Waals surface area (Å²) >= 11 is 1.92. The third-order valence-corrected chi connectivity index (χ3v) is 5.01. The smallest absolute Gasteiger partial charge is 0.319 e. The van der Waals surface area contributed by atoms with E-state index in [-0.39, 0.29) is 16.6 Å². The zero-order valence-electron chi connectivity index (χ0n) is 11.9. The molecule has 4 nitrogen and oxygen atoms in total. The average Bonchev–Trinajstić information content (AvgIpc) is 2.85. The molecule has 0 aliphatic carbocycles. The predicted molar refractivity (Wildman–Crippen MR) is 83.6 cm³/mol. The van der Waals surface area contributed by atoms with Crippen LogP contribution in [0, 0.1) is 0 Å². The Hall–Kier alpha value is -1.49. The lowest BCUT2D eigenvalue weighted by molar-refractivity contribution is 0.101. The highest BCUT2D eigenvalue weighted by molar-refractivity contribution is 8.00. The number of nitrogens with one attached hydrogen (secondary N) is 2. The standard InChI is InChI=1S/C15H20N2O2S/c1-11(18)12-4-6-13(7-5-12)17-14(19)16-10-15(2)8-3-9-20-15/h4-7H,3,8-10H2,1-2H3,(H2,16,17,19). The summed E-state index contributed by atoms with van der Waals surface area (Å²) in [7, 11) is 0. The van der Waals surface area contributed by atoms with Gasteiger partial charge >= 0.3 is 6.03 Å². The van der Waals surface area contributed by atoms with E-state index in [0.29, 0.717) is 17.8 Å². The molecular formula is C15H20N2O2S. The van der Waals surface area contributed by atoms with Crippen molar-refractivity contribution in [2.75, 3.05) is 17.6 Å². The van der Waals surface area contributed by atoms with E-state index in [1.54, 1.807) is 24.3 Å². The molecule has 1 saturated heterocycles. The van der Waals surface area contributed by atoms with E-state index in [1.807, 2.05) is 11.8 Å². The molecule has 0 saturated carbocycles. The molecule has 20 heavy (non-hydrogen) atoms. The number of amides is 2. The van der Waals surface area contributed by atoms with Crippen molar-refractivity contribution in [2.24, 2.45) is 0 Å². The maximum atomic E-state index is 11.8. The molecule has 0 radical (unpaired) electrons. The van der Waals surface area contributed by atoms with Gasteiger partial charge < -0.3 is 10.6 Å². The van der Waals surface area contributed by atoms with Crippen LogP contribution in [0.15, 0.2) is 24.3 Å². The second-order valence-corrected chi connectivity index (χ2v) is 7.03. The van der Waals surface area contributed by atoms with Crippen LogP contribution >= 0.6 is 11.8 Å². The first-order valence-electron chi connectivity index (χ1n) is 6.78. The first-order chi connectivity index (χ1) is 9.48. The van der Waals surface area contributed by atoms with Crippen molar-refractivity contribution in [3.05, 3.63) is 29.8 Å². The summed E-state index contributed by atoms with van der Waals surface area (Å²) in [5.74, 6) is 1.19. The first-order valence-corrected chi connectivity index (χ1v) is 7.77. The van der Waals surface area contributed by atoms with Crippen molar-refractivity contribution in [3.63, 3.8) is 0 Å². The third-order valence-electron chi connectivity index (χ3n) is 3.47. The van der Waals surface area contributed by atoms with Crippen LogP contribution in [-0.4, -0.2) is 28.9 Å². The van der Waals surface area contributed by atoms with Gasteiger partial charge in [-0.15, -0.1) is 0 Å². The molecule has 1 heterocycles. The van der Waals surface area contributed by atoms with Crippen LogP contribution in [0.4, 0.5) is 10.5 Å². The van der Waals surface area contributed by atoms with Crippen molar-refractivity contribution in [3.8, 4) is 0 Å². The van der Waals surface area contributed by atoms with Crippen molar-refractivity contribution in [1.82, 2.24) is 5.32 Å². The molecule has 5 heteroatoms. The molecule has 1 aliphatic heterocycles. The summed E-state index contributed by atoms with van der Waals surface area (Å²) in [5, 5.41) is 5.69. The highest BCUT2D eigenvalue weighted by Gasteiger charge is 2.29. The molecule has 2 rings (SSSR count). The van der Waals surface area contributed by atoms with E-state index >= 15 is 0 Å². The minimum absolute atomic E-state index is 0.0205. The maximum Gasteiger partial charge on any atom is 0.319 e. The molecular weight excluding hydrogens is 272 g/mol. The molecule has 0 bridgehead atoms. The van der Waals surface area contributed by atoms with E-state index < -0.39 is 0 Å². The lowest BCUT2D eigenvalue weighted by Gasteiger charge is -2.22. The normalized spacial score (nSPS) is 21.5. The minimum atomic E-state index is -0.200. The van der Waals surface area contributed by atoms with Crippen LogP contribution in [0.25, 0.3) is 0 Å². The van der Waals surface area contributed by atoms with Crippen molar-refractivity contribution >= 4 is 29.3 Å². The van der Waals surface area contributed by atoms with Gasteiger partial charge in [0.2, 0.25) is 0 Å². The van der Waals surface area contributed by atoms with E-state index in [2.05, 4.69) is 17.6 Å². The predicted octanol–water partition coefficient (Wildman–Crippen LogP) is 3.30. The lowest BCUT2D eigenvalue weighted by atomic mass is 10.1. The van der Waals surface area contributed by atoms with Crippen LogP contribution in [0.1, 0.15) is 37.0 Å². The first kappa shape index (κ1) is 14.9. The van der Waals surface area contributed by atoms with Gasteiger partial charge in [0, 0.05) is 22.5 Å². The van der Waals surface area contributed by atoms with Gasteiger partial charge in [-0.2, -0.15) is 11.8 Å². The number of carbonyl (C=O) groups is 2. The number of urea groups is 1. The number of hydrogen-bond acceptors (Lipinski definition) is 3. The fourth-order valence-corrected chi connectivity index (χ4v) is 3.45. The van der Waals surface area contributed by atoms with Crippen LogP contribution in [0.3, 0.4) is 0 Å². The largest absolute Gasteiger partial charge is 0.336 e. The van der Waals surface area contributed by atoms with Gasteiger partial charge in [-0.25, -0.2) is 4.79 Å². The van der Waals surface area contributed by atoms with Gasteiger partial charge in [-0.05, 0) is 56.7 Å². The van der Waals surface area contributed by atoms with Crippen LogP contribution in [0.2, 0.25) is 0 Å². The van der Waals surface area contributed by atoms with Crippen molar-refractivity contribution in [2.45, 2.75) is 31.4 Å². The lowest BCUT2D eigenvalue weighted by Crippen LogP contribution is -2.39. The van der Waals surface area contributed by atoms with Gasteiger partial charge in [-0.1, -0.05) is 0 Å². The monoisotopic (exact) mass is 292 g/mol. The SMILES string of the molecule is CC(=O)c1ccc(NC(=O)NCC2(C)CCCS2)cc1. The third kappa shape index (κ3) is 4.00. The Morgan fingerprint density at radius 3 is 2.55 bits per heavy atom. The summed E-state index contributed by atoms with van der Waals surface area (Å²) in [6, 6.07) is 6.71. The number of benzene rings is 1. The molecule has 1 atom stereocenters. The van der Waals surface area contributed by atoms with Crippen molar-refractivity contribution in [1.29, 1.82) is 0 Å². The van der Waals surface area contributed by atoms with Gasteiger partial charge in [0.05, 0.1) is 0 Å². The van der Waals surface area contributed by atoms with Gasteiger partial charge in [0.1, 0.15) is 0 Å². The van der Waals surface area contributed by atoms with Gasteiger partial charge in [0.15, 0.2) is 5.78 Å². The summed E-state index contributed by atoms with van der Waals surface area (Å²) in [4.78, 5) is 23.0. The van der Waals surface area contributed by atoms with Gasteiger partial charge in [0.25, 0.3) is 0 Å². The minimum Gasteiger partial charge on any atom is -0.336 e. The molecule has 1 aromatic rings. The molecule has 1 aliphatic rings. The maximum absolute atomic E-state index is 11.8. The summed E-state index contributed by atoms with van der Waals surface area (Å²) in [5.41, 5.74) is 1.34. The number of Topliss-reactive ketones (excluding diaryl/α,β-unsaturated/α-hetero) is 1. The highest BCUT2D eigenvalue weighted by Crippen LogP contribution is 2.36. The zero-order chi connectivity index (χ0) is 14.6. The quantitative estimate of drug-likeness (QED) is 0.837. The van der Waals surface area contributed by atoms with E-state index in [9.17, 15) is 9.59 Å². The van der Waals surface area contributed by atoms with Gasteiger partial charge in [-0.3, -0.25) is 4.79 Å². The zero-order valence-corrected chi connectivity index (χ0v) is 12.7. The number of carbonyl (C=O) groups excluding carboxylic acids is 2. The highest BCUT2D eigenvalue weighted by atomic mass is 32.2. The molecule has 1 fully saturated rings. The molecule has 108 valence electrons. The van der Waals surface area contributed by atoms with Crippen LogP contribution in [-0.2, 0) is 0 Å². The summed E-state index contributed by atoms with van der Waals surface area (Å²) in [6.45, 7) is 4.39. The number of thioether (sulfide) groups is 1. The van der Waals surface area contributed by atoms with E-state index in [4.69, 9.17) is 0 Å². The Balaban J connectivity index is 1.83. The second-order valence-electron chi connectivity index (χ2n) is 5.34. The number of ketones is 1. The summed E-state index contributed by atoms with van der Waals surface area (Å²) < 4.78 is 0.163.